The first-order chi connectivity index (χ1) is 3.81. The van der Waals surface area contributed by atoms with Gasteiger partial charge in [0.2, 0.25) is 0 Å². The van der Waals surface area contributed by atoms with Crippen LogP contribution >= 0.6 is 15.9 Å². The predicted molar refractivity (Wildman–Crippen MR) is 39.2 cm³/mol. The molecular formula is C6H13BrO. The average Bonchev–Trinajstić information content (AvgIpc) is 1.68. The maximum atomic E-state index is 5.20. The van der Waals surface area contributed by atoms with Crippen LogP contribution in [0.4, 0.5) is 0 Å². The number of alkyl halides is 1. The Balaban J connectivity index is 2.92. The largest absolute Gasteiger partial charge is 0.367 e. The van der Waals surface area contributed by atoms with Crippen molar-refractivity contribution in [3.05, 3.63) is 0 Å². The van der Waals surface area contributed by atoms with E-state index in [1.165, 1.54) is 6.42 Å². The molecule has 1 unspecified atom stereocenters. The first-order valence-electron chi connectivity index (χ1n) is 3.07. The minimum Gasteiger partial charge on any atom is -0.367 e. The van der Waals surface area contributed by atoms with Crippen molar-refractivity contribution in [1.82, 2.24) is 0 Å². The fourth-order valence-electron chi connectivity index (χ4n) is 0.491. The molecule has 2 heteroatoms. The van der Waals surface area contributed by atoms with E-state index in [1.54, 1.807) is 0 Å². The summed E-state index contributed by atoms with van der Waals surface area (Å²) >= 11 is 3.38. The van der Waals surface area contributed by atoms with Crippen LogP contribution in [0, 0.1) is 0 Å². The average molecular weight is 181 g/mol. The summed E-state index contributed by atoms with van der Waals surface area (Å²) in [4.78, 5) is 0. The van der Waals surface area contributed by atoms with Crippen LogP contribution in [0.2, 0.25) is 0 Å². The van der Waals surface area contributed by atoms with Gasteiger partial charge in [-0.3, -0.25) is 0 Å². The quantitative estimate of drug-likeness (QED) is 0.605. The topological polar surface area (TPSA) is 9.23 Å². The van der Waals surface area contributed by atoms with E-state index >= 15 is 0 Å². The summed E-state index contributed by atoms with van der Waals surface area (Å²) in [6, 6.07) is 0. The molecule has 0 amide bonds. The third kappa shape index (κ3) is 4.60. The molecular weight excluding hydrogens is 168 g/mol. The highest BCUT2D eigenvalue weighted by Gasteiger charge is 1.97. The molecule has 0 aliphatic heterocycles. The lowest BCUT2D eigenvalue weighted by atomic mass is 10.4. The molecule has 0 saturated heterocycles. The molecule has 0 aromatic heterocycles. The molecule has 0 radical (unpaired) electrons. The summed E-state index contributed by atoms with van der Waals surface area (Å²) < 4.78 is 5.20. The molecule has 8 heavy (non-hydrogen) atoms. The summed E-state index contributed by atoms with van der Waals surface area (Å²) in [5.41, 5.74) is 0. The normalized spacial score (nSPS) is 13.9. The smallest absolute Gasteiger partial charge is 0.112 e. The lowest BCUT2D eigenvalue weighted by Crippen LogP contribution is -2.02. The zero-order valence-electron chi connectivity index (χ0n) is 5.48. The maximum Gasteiger partial charge on any atom is 0.112 e. The van der Waals surface area contributed by atoms with Gasteiger partial charge in [-0.15, -0.1) is 0 Å². The predicted octanol–water partition coefficient (Wildman–Crippen LogP) is 2.54. The summed E-state index contributed by atoms with van der Waals surface area (Å²) in [5.74, 6) is 0. The first-order valence-corrected chi connectivity index (χ1v) is 3.98. The standard InChI is InChI=1S/C6H13BrO/c1-3-5-6(7)8-4-2/h6H,3-5H2,1-2H3. The van der Waals surface area contributed by atoms with Gasteiger partial charge >= 0.3 is 0 Å². The number of hydrogen-bond donors (Lipinski definition) is 0. The number of ether oxygens (including phenoxy) is 1. The highest BCUT2D eigenvalue weighted by atomic mass is 79.9. The fourth-order valence-corrected chi connectivity index (χ4v) is 1.21. The molecule has 1 atom stereocenters. The van der Waals surface area contributed by atoms with Gasteiger partial charge in [-0.05, 0) is 13.3 Å². The molecule has 0 aliphatic carbocycles. The second-order valence-electron chi connectivity index (χ2n) is 1.65. The molecule has 0 spiro atoms. The van der Waals surface area contributed by atoms with Crippen LogP contribution in [0.15, 0.2) is 0 Å². The third-order valence-electron chi connectivity index (χ3n) is 0.863. The van der Waals surface area contributed by atoms with Crippen LogP contribution in [0.25, 0.3) is 0 Å². The van der Waals surface area contributed by atoms with E-state index in [0.29, 0.717) is 0 Å². The van der Waals surface area contributed by atoms with Crippen LogP contribution in [-0.2, 0) is 4.74 Å². The Kier molecular flexibility index (Phi) is 5.88. The monoisotopic (exact) mass is 180 g/mol. The SMILES string of the molecule is CCCC(Br)OCC. The van der Waals surface area contributed by atoms with E-state index < -0.39 is 0 Å². The van der Waals surface area contributed by atoms with E-state index in [1.807, 2.05) is 6.92 Å². The molecule has 1 nitrogen and oxygen atoms in total. The Morgan fingerprint density at radius 1 is 1.50 bits per heavy atom. The van der Waals surface area contributed by atoms with Crippen molar-refractivity contribution >= 4 is 15.9 Å². The van der Waals surface area contributed by atoms with Crippen molar-refractivity contribution in [3.8, 4) is 0 Å². The molecule has 0 saturated carbocycles. The lowest BCUT2D eigenvalue weighted by molar-refractivity contribution is 0.123. The molecule has 0 fully saturated rings. The van der Waals surface area contributed by atoms with Crippen molar-refractivity contribution < 1.29 is 4.74 Å². The van der Waals surface area contributed by atoms with Crippen LogP contribution in [0.3, 0.4) is 0 Å². The Hall–Kier alpha value is 0.440. The third-order valence-corrected chi connectivity index (χ3v) is 1.59. The zero-order chi connectivity index (χ0) is 6.41. The summed E-state index contributed by atoms with van der Waals surface area (Å²) in [7, 11) is 0. The van der Waals surface area contributed by atoms with Crippen LogP contribution in [0.5, 0.6) is 0 Å². The molecule has 0 aromatic rings. The number of hydrogen-bond acceptors (Lipinski definition) is 1. The van der Waals surface area contributed by atoms with Crippen molar-refractivity contribution in [3.63, 3.8) is 0 Å². The molecule has 0 heterocycles. The van der Waals surface area contributed by atoms with Gasteiger partial charge in [-0.25, -0.2) is 0 Å². The van der Waals surface area contributed by atoms with Crippen LogP contribution in [0.1, 0.15) is 26.7 Å². The Morgan fingerprint density at radius 3 is 2.50 bits per heavy atom. The molecule has 0 N–H and O–H groups in total. The maximum absolute atomic E-state index is 5.20. The van der Waals surface area contributed by atoms with Gasteiger partial charge in [0.25, 0.3) is 0 Å². The second-order valence-corrected chi connectivity index (χ2v) is 2.68. The zero-order valence-corrected chi connectivity index (χ0v) is 7.07. The van der Waals surface area contributed by atoms with E-state index in [-0.39, 0.29) is 5.01 Å². The van der Waals surface area contributed by atoms with E-state index in [9.17, 15) is 0 Å². The van der Waals surface area contributed by atoms with E-state index in [4.69, 9.17) is 4.74 Å². The van der Waals surface area contributed by atoms with Gasteiger partial charge in [0.15, 0.2) is 0 Å². The van der Waals surface area contributed by atoms with Gasteiger partial charge in [-0.1, -0.05) is 29.3 Å². The summed E-state index contributed by atoms with van der Waals surface area (Å²) in [6.45, 7) is 4.95. The van der Waals surface area contributed by atoms with Gasteiger partial charge in [-0.2, -0.15) is 0 Å². The minimum atomic E-state index is 0.275. The van der Waals surface area contributed by atoms with Crippen molar-refractivity contribution in [1.29, 1.82) is 0 Å². The number of halogens is 1. The van der Waals surface area contributed by atoms with Gasteiger partial charge in [0, 0.05) is 6.61 Å². The molecule has 0 aromatic carbocycles. The molecule has 0 bridgehead atoms. The van der Waals surface area contributed by atoms with Gasteiger partial charge < -0.3 is 4.74 Å². The van der Waals surface area contributed by atoms with Crippen molar-refractivity contribution in [2.45, 2.75) is 31.7 Å². The minimum absolute atomic E-state index is 0.275. The Morgan fingerprint density at radius 2 is 2.12 bits per heavy atom. The van der Waals surface area contributed by atoms with Crippen molar-refractivity contribution in [2.75, 3.05) is 6.61 Å². The Bertz CT molecular complexity index is 41.8. The highest BCUT2D eigenvalue weighted by molar-refractivity contribution is 9.09. The van der Waals surface area contributed by atoms with Gasteiger partial charge in [0.1, 0.15) is 5.01 Å². The first kappa shape index (κ1) is 8.44. The van der Waals surface area contributed by atoms with Crippen molar-refractivity contribution in [2.24, 2.45) is 0 Å². The number of rotatable bonds is 4. The summed E-state index contributed by atoms with van der Waals surface area (Å²) in [5, 5.41) is 0.275. The lowest BCUT2D eigenvalue weighted by Gasteiger charge is -2.05. The Labute approximate surface area is 59.5 Å². The highest BCUT2D eigenvalue weighted by Crippen LogP contribution is 2.07. The molecule has 0 rings (SSSR count). The van der Waals surface area contributed by atoms with Crippen LogP contribution < -0.4 is 0 Å². The molecule has 50 valence electrons. The van der Waals surface area contributed by atoms with Crippen LogP contribution in [-0.4, -0.2) is 11.6 Å². The van der Waals surface area contributed by atoms with Gasteiger partial charge in [0.05, 0.1) is 0 Å². The van der Waals surface area contributed by atoms with E-state index in [0.717, 1.165) is 13.0 Å². The van der Waals surface area contributed by atoms with E-state index in [2.05, 4.69) is 22.9 Å². The summed E-state index contributed by atoms with van der Waals surface area (Å²) in [6.07, 6.45) is 2.28. The molecule has 0 aliphatic rings. The second kappa shape index (κ2) is 5.57. The fraction of sp³-hybridized carbons (Fsp3) is 1.00.